The van der Waals surface area contributed by atoms with E-state index in [0.717, 1.165) is 19.3 Å². The van der Waals surface area contributed by atoms with E-state index in [2.05, 4.69) is 59.8 Å². The number of fused-ring (bicyclic) bond motifs is 5. The molecule has 0 radical (unpaired) electrons. The molecule has 0 aromatic carbocycles. The second-order valence-electron chi connectivity index (χ2n) is 12.7. The van der Waals surface area contributed by atoms with Crippen molar-refractivity contribution < 1.29 is 14.9 Å². The largest absolute Gasteiger partial charge is 0.393 e. The van der Waals surface area contributed by atoms with Crippen LogP contribution in [0.5, 0.6) is 0 Å². The highest BCUT2D eigenvalue weighted by Gasteiger charge is 2.65. The Bertz CT molecular complexity index is 756. The standard InChI is InChI=1S/C29H48O3/c1-18(2)19(3)8-9-20(4)23-10-11-24-22-16-26(32-7)29(31)17-21(30)12-15-28(29,6)25(22)13-14-27(23,24)5/h8-9,16,18-21,23-26,30-31H,10-15,17H2,1-7H3/b9-8+/t19-,20+,21-,23+,24-,25-,26+,27+,28+,29-/m0/s1. The lowest BCUT2D eigenvalue weighted by atomic mass is 9.45. The van der Waals surface area contributed by atoms with Gasteiger partial charge in [0.25, 0.3) is 0 Å². The zero-order valence-corrected chi connectivity index (χ0v) is 21.6. The summed E-state index contributed by atoms with van der Waals surface area (Å²) in [6.45, 7) is 14.2. The zero-order chi connectivity index (χ0) is 23.5. The Balaban J connectivity index is 1.64. The van der Waals surface area contributed by atoms with Gasteiger partial charge in [-0.15, -0.1) is 0 Å². The molecule has 3 saturated carbocycles. The number of aliphatic hydroxyl groups is 2. The Labute approximate surface area is 196 Å². The minimum atomic E-state index is -0.970. The van der Waals surface area contributed by atoms with E-state index < -0.39 is 11.7 Å². The molecule has 4 rings (SSSR count). The fourth-order valence-electron chi connectivity index (χ4n) is 8.40. The van der Waals surface area contributed by atoms with Crippen molar-refractivity contribution in [3.8, 4) is 0 Å². The Hall–Kier alpha value is -0.640. The highest BCUT2D eigenvalue weighted by Crippen LogP contribution is 2.67. The molecule has 0 aliphatic heterocycles. The van der Waals surface area contributed by atoms with E-state index in [1.165, 1.54) is 19.3 Å². The Morgan fingerprint density at radius 3 is 2.38 bits per heavy atom. The summed E-state index contributed by atoms with van der Waals surface area (Å²) in [4.78, 5) is 0. The van der Waals surface area contributed by atoms with Crippen LogP contribution in [0.15, 0.2) is 23.8 Å². The van der Waals surface area contributed by atoms with Crippen LogP contribution >= 0.6 is 0 Å². The van der Waals surface area contributed by atoms with Gasteiger partial charge in [0.15, 0.2) is 0 Å². The Kier molecular flexibility index (Phi) is 6.53. The summed E-state index contributed by atoms with van der Waals surface area (Å²) in [5, 5.41) is 22.3. The van der Waals surface area contributed by atoms with Crippen LogP contribution < -0.4 is 0 Å². The maximum atomic E-state index is 11.9. The lowest BCUT2D eigenvalue weighted by Crippen LogP contribution is -2.65. The number of rotatable bonds is 5. The molecular weight excluding hydrogens is 396 g/mol. The summed E-state index contributed by atoms with van der Waals surface area (Å²) in [6, 6.07) is 0. The second-order valence-corrected chi connectivity index (χ2v) is 12.7. The summed E-state index contributed by atoms with van der Waals surface area (Å²) in [7, 11) is 1.73. The van der Waals surface area contributed by atoms with Crippen LogP contribution in [0, 0.1) is 46.3 Å². The van der Waals surface area contributed by atoms with Crippen molar-refractivity contribution in [2.45, 2.75) is 104 Å². The number of hydrogen-bond acceptors (Lipinski definition) is 3. The summed E-state index contributed by atoms with van der Waals surface area (Å²) in [5.41, 5.74) is 0.714. The van der Waals surface area contributed by atoms with E-state index in [0.29, 0.717) is 47.3 Å². The van der Waals surface area contributed by atoms with Gasteiger partial charge in [-0.25, -0.2) is 0 Å². The zero-order valence-electron chi connectivity index (χ0n) is 21.6. The number of allylic oxidation sites excluding steroid dienone is 3. The average molecular weight is 445 g/mol. The molecule has 0 bridgehead atoms. The SMILES string of the molecule is CO[C@@H]1C=C2[C@@H]3CC[C@H]([C@H](C)/C=C/[C@H](C)C(C)C)[C@@]3(C)CC[C@@H]2[C@@]2(C)CC[C@H](O)C[C@]12O. The van der Waals surface area contributed by atoms with Crippen LogP contribution in [-0.2, 0) is 4.74 Å². The molecular formula is C29H48O3. The molecule has 4 aliphatic rings. The summed E-state index contributed by atoms with van der Waals surface area (Å²) < 4.78 is 5.92. The van der Waals surface area contributed by atoms with E-state index in [1.54, 1.807) is 12.7 Å². The third kappa shape index (κ3) is 3.57. The molecule has 2 N–H and O–H groups in total. The van der Waals surface area contributed by atoms with Crippen molar-refractivity contribution >= 4 is 0 Å². The van der Waals surface area contributed by atoms with Crippen LogP contribution in [-0.4, -0.2) is 35.1 Å². The van der Waals surface area contributed by atoms with Gasteiger partial charge in [0.1, 0.15) is 11.7 Å². The van der Waals surface area contributed by atoms with Crippen LogP contribution in [0.3, 0.4) is 0 Å². The van der Waals surface area contributed by atoms with Gasteiger partial charge in [-0.2, -0.15) is 0 Å². The molecule has 0 heterocycles. The van der Waals surface area contributed by atoms with Gasteiger partial charge in [-0.1, -0.05) is 65.3 Å². The van der Waals surface area contributed by atoms with Crippen molar-refractivity contribution in [2.24, 2.45) is 46.3 Å². The number of aliphatic hydroxyl groups excluding tert-OH is 1. The molecule has 0 saturated heterocycles. The maximum Gasteiger partial charge on any atom is 0.105 e. The summed E-state index contributed by atoms with van der Waals surface area (Å²) in [6.07, 6.45) is 13.6. The summed E-state index contributed by atoms with van der Waals surface area (Å²) >= 11 is 0. The van der Waals surface area contributed by atoms with E-state index in [1.807, 2.05) is 0 Å². The van der Waals surface area contributed by atoms with Crippen molar-refractivity contribution in [2.75, 3.05) is 7.11 Å². The molecule has 10 atom stereocenters. The fourth-order valence-corrected chi connectivity index (χ4v) is 8.40. The first-order chi connectivity index (χ1) is 15.0. The normalized spacial score (nSPS) is 48.2. The third-order valence-corrected chi connectivity index (χ3v) is 11.0. The van der Waals surface area contributed by atoms with E-state index in [-0.39, 0.29) is 11.5 Å². The predicted molar refractivity (Wildman–Crippen MR) is 131 cm³/mol. The van der Waals surface area contributed by atoms with Gasteiger partial charge in [0.05, 0.1) is 6.10 Å². The highest BCUT2D eigenvalue weighted by molar-refractivity contribution is 5.33. The third-order valence-electron chi connectivity index (χ3n) is 11.0. The van der Waals surface area contributed by atoms with E-state index >= 15 is 0 Å². The van der Waals surface area contributed by atoms with Crippen LogP contribution in [0.2, 0.25) is 0 Å². The molecule has 3 heteroatoms. The molecule has 4 aliphatic carbocycles. The van der Waals surface area contributed by atoms with Gasteiger partial charge in [0, 0.05) is 18.9 Å². The number of ether oxygens (including phenoxy) is 1. The molecule has 182 valence electrons. The van der Waals surface area contributed by atoms with Crippen LogP contribution in [0.25, 0.3) is 0 Å². The smallest absolute Gasteiger partial charge is 0.105 e. The van der Waals surface area contributed by atoms with Gasteiger partial charge < -0.3 is 14.9 Å². The van der Waals surface area contributed by atoms with Crippen LogP contribution in [0.1, 0.15) is 86.5 Å². The number of hydrogen-bond donors (Lipinski definition) is 2. The van der Waals surface area contributed by atoms with Crippen molar-refractivity contribution in [1.29, 1.82) is 0 Å². The average Bonchev–Trinajstić information content (AvgIpc) is 3.09. The van der Waals surface area contributed by atoms with E-state index in [9.17, 15) is 10.2 Å². The number of methoxy groups -OCH3 is 1. The summed E-state index contributed by atoms with van der Waals surface area (Å²) in [5.74, 6) is 3.63. The second kappa shape index (κ2) is 8.54. The van der Waals surface area contributed by atoms with Gasteiger partial charge in [-0.3, -0.25) is 0 Å². The molecule has 0 spiro atoms. The molecule has 0 aromatic heterocycles. The lowest BCUT2D eigenvalue weighted by molar-refractivity contribution is -0.216. The quantitative estimate of drug-likeness (QED) is 0.500. The van der Waals surface area contributed by atoms with Gasteiger partial charge in [0.2, 0.25) is 0 Å². The monoisotopic (exact) mass is 444 g/mol. The Morgan fingerprint density at radius 1 is 1.00 bits per heavy atom. The minimum absolute atomic E-state index is 0.214. The van der Waals surface area contributed by atoms with Crippen molar-refractivity contribution in [3.05, 3.63) is 23.8 Å². The lowest BCUT2D eigenvalue weighted by Gasteiger charge is -2.62. The first-order valence-corrected chi connectivity index (χ1v) is 13.3. The topological polar surface area (TPSA) is 49.7 Å². The predicted octanol–water partition coefficient (Wildman–Crippen LogP) is 6.15. The van der Waals surface area contributed by atoms with Gasteiger partial charge >= 0.3 is 0 Å². The molecule has 3 fully saturated rings. The molecule has 3 nitrogen and oxygen atoms in total. The highest BCUT2D eigenvalue weighted by atomic mass is 16.5. The first-order valence-electron chi connectivity index (χ1n) is 13.3. The molecule has 0 aromatic rings. The van der Waals surface area contributed by atoms with Crippen molar-refractivity contribution in [3.63, 3.8) is 0 Å². The van der Waals surface area contributed by atoms with Gasteiger partial charge in [-0.05, 0) is 79.4 Å². The minimum Gasteiger partial charge on any atom is -0.393 e. The fraction of sp³-hybridized carbons (Fsp3) is 0.862. The van der Waals surface area contributed by atoms with Crippen molar-refractivity contribution in [1.82, 2.24) is 0 Å². The van der Waals surface area contributed by atoms with Crippen LogP contribution in [0.4, 0.5) is 0 Å². The maximum absolute atomic E-state index is 11.9. The first kappa shape index (κ1) is 24.5. The molecule has 32 heavy (non-hydrogen) atoms. The Morgan fingerprint density at radius 2 is 1.72 bits per heavy atom. The molecule has 0 amide bonds. The molecule has 0 unspecified atom stereocenters. The van der Waals surface area contributed by atoms with E-state index in [4.69, 9.17) is 4.74 Å².